The van der Waals surface area contributed by atoms with Crippen molar-refractivity contribution in [2.24, 2.45) is 10.8 Å². The van der Waals surface area contributed by atoms with E-state index in [0.29, 0.717) is 6.42 Å². The lowest BCUT2D eigenvalue weighted by atomic mass is 9.75. The molecule has 0 bridgehead atoms. The number of alkyl carbamates (subject to hydrolysis) is 1. The number of amides is 3. The Morgan fingerprint density at radius 1 is 0.962 bits per heavy atom. The second-order valence-corrected chi connectivity index (χ2v) is 15.2. The van der Waals surface area contributed by atoms with Crippen LogP contribution in [0.3, 0.4) is 0 Å². The van der Waals surface area contributed by atoms with Crippen LogP contribution in [-0.2, 0) is 33.7 Å². The molecule has 3 aromatic carbocycles. The number of fused-ring (bicyclic) bond motifs is 1. The molecule has 0 spiro atoms. The highest BCUT2D eigenvalue weighted by atomic mass is 16.5. The molecule has 0 radical (unpaired) electrons. The van der Waals surface area contributed by atoms with Gasteiger partial charge in [0.25, 0.3) is 5.91 Å². The number of hydrazine groups is 1. The molecule has 2 aliphatic rings. The molecule has 4 N–H and O–H groups in total. The van der Waals surface area contributed by atoms with Crippen LogP contribution in [0.2, 0.25) is 0 Å². The van der Waals surface area contributed by atoms with Gasteiger partial charge in [0, 0.05) is 38.4 Å². The van der Waals surface area contributed by atoms with E-state index in [1.54, 1.807) is 22.3 Å². The number of ether oxygens (including phenoxy) is 1. The molecule has 5 atom stereocenters. The molecule has 11 heteroatoms. The predicted molar refractivity (Wildman–Crippen MR) is 201 cm³/mol. The highest BCUT2D eigenvalue weighted by molar-refractivity contribution is 5.87. The number of carbonyl (C=O) groups excluding carboxylic acids is 3. The number of methoxy groups -OCH3 is 1. The van der Waals surface area contributed by atoms with E-state index in [1.165, 1.54) is 7.11 Å². The van der Waals surface area contributed by atoms with E-state index in [9.17, 15) is 24.6 Å². The molecule has 2 heterocycles. The number of nitrogens with zero attached hydrogens (tertiary/aromatic N) is 3. The Morgan fingerprint density at radius 3 is 2.36 bits per heavy atom. The van der Waals surface area contributed by atoms with E-state index in [1.807, 2.05) is 112 Å². The van der Waals surface area contributed by atoms with Gasteiger partial charge in [-0.3, -0.25) is 20.0 Å². The first-order valence-corrected chi connectivity index (χ1v) is 18.1. The molecule has 0 saturated carbocycles. The van der Waals surface area contributed by atoms with Gasteiger partial charge in [-0.25, -0.2) is 9.80 Å². The minimum atomic E-state index is -1.25. The summed E-state index contributed by atoms with van der Waals surface area (Å²) in [6.45, 7) is 6.08. The lowest BCUT2D eigenvalue weighted by molar-refractivity contribution is -0.142. The summed E-state index contributed by atoms with van der Waals surface area (Å²) in [6, 6.07) is 27.6. The molecule has 1 saturated heterocycles. The van der Waals surface area contributed by atoms with Crippen LogP contribution in [0, 0.1) is 10.8 Å². The SMILES string of the molecule is COC(=O)N[C@H](C(=O)NN(CC[C@@]1(Cc2ccccc2)C(=O)N(C2c3ccccc3C[C@H]2O)C[C@@H]1O)Cc1ccc(-c2cccnc2)cc1)C(C)(C)C. The van der Waals surface area contributed by atoms with Crippen molar-refractivity contribution in [3.8, 4) is 11.1 Å². The summed E-state index contributed by atoms with van der Waals surface area (Å²) in [5.41, 5.74) is 6.76. The van der Waals surface area contributed by atoms with Gasteiger partial charge in [-0.15, -0.1) is 0 Å². The molecule has 1 aliphatic heterocycles. The standard InChI is InChI=1S/C42H49N5O6/c1-41(2,3)37(44-40(52)53-4)38(50)45-46(26-29-16-18-30(19-17-29)32-14-10-21-43-25-32)22-20-42(24-28-11-6-5-7-12-28)35(49)27-47(39(42)51)36-33-15-9-8-13-31(33)23-34(36)48/h5-19,21,25,34-37,48-49H,20,22-24,26-27H2,1-4H3,(H,44,52)(H,45,50)/t34-,35+,36?,37-,42+/m1/s1. The number of aliphatic hydroxyl groups is 2. The highest BCUT2D eigenvalue weighted by Gasteiger charge is 2.56. The van der Waals surface area contributed by atoms with Gasteiger partial charge in [0.05, 0.1) is 30.8 Å². The van der Waals surface area contributed by atoms with E-state index in [2.05, 4.69) is 15.7 Å². The van der Waals surface area contributed by atoms with Crippen molar-refractivity contribution in [2.45, 2.75) is 70.9 Å². The van der Waals surface area contributed by atoms with Gasteiger partial charge < -0.3 is 25.2 Å². The Kier molecular flexibility index (Phi) is 11.3. The fourth-order valence-electron chi connectivity index (χ4n) is 7.69. The van der Waals surface area contributed by atoms with Gasteiger partial charge in [-0.2, -0.15) is 0 Å². The molecule has 1 unspecified atom stereocenters. The third kappa shape index (κ3) is 8.27. The van der Waals surface area contributed by atoms with Crippen LogP contribution in [0.15, 0.2) is 103 Å². The average Bonchev–Trinajstić information content (AvgIpc) is 3.60. The first kappa shape index (κ1) is 37.7. The zero-order valence-electron chi connectivity index (χ0n) is 30.7. The van der Waals surface area contributed by atoms with Crippen molar-refractivity contribution in [1.82, 2.24) is 25.6 Å². The molecule has 4 aromatic rings. The topological polar surface area (TPSA) is 144 Å². The lowest BCUT2D eigenvalue weighted by Crippen LogP contribution is -2.57. The third-order valence-electron chi connectivity index (χ3n) is 10.6. The van der Waals surface area contributed by atoms with Crippen LogP contribution in [-0.4, -0.2) is 81.5 Å². The summed E-state index contributed by atoms with van der Waals surface area (Å²) >= 11 is 0. The van der Waals surface area contributed by atoms with Crippen molar-refractivity contribution in [1.29, 1.82) is 0 Å². The average molecular weight is 720 g/mol. The zero-order chi connectivity index (χ0) is 37.8. The highest BCUT2D eigenvalue weighted by Crippen LogP contribution is 2.46. The van der Waals surface area contributed by atoms with Crippen LogP contribution < -0.4 is 10.7 Å². The minimum absolute atomic E-state index is 0.0685. The largest absolute Gasteiger partial charge is 0.453 e. The quantitative estimate of drug-likeness (QED) is 0.153. The molecule has 1 aromatic heterocycles. The van der Waals surface area contributed by atoms with E-state index in [4.69, 9.17) is 4.74 Å². The second kappa shape index (κ2) is 15.9. The molecule has 1 fully saturated rings. The summed E-state index contributed by atoms with van der Waals surface area (Å²) in [6.07, 6.45) is 1.85. The number of β-amino-alcohol motifs (C(OH)–C–C–N with tert-alkyl or cyclic N) is 1. The van der Waals surface area contributed by atoms with Gasteiger partial charge in [-0.05, 0) is 57.7 Å². The number of likely N-dealkylation sites (tertiary alicyclic amines) is 1. The minimum Gasteiger partial charge on any atom is -0.453 e. The first-order chi connectivity index (χ1) is 25.4. The lowest BCUT2D eigenvalue weighted by Gasteiger charge is -2.36. The van der Waals surface area contributed by atoms with Gasteiger partial charge in [0.2, 0.25) is 5.91 Å². The molecule has 6 rings (SSSR count). The van der Waals surface area contributed by atoms with Gasteiger partial charge in [0.15, 0.2) is 0 Å². The Morgan fingerprint density at radius 2 is 1.68 bits per heavy atom. The number of aliphatic hydroxyl groups excluding tert-OH is 2. The van der Waals surface area contributed by atoms with E-state index >= 15 is 0 Å². The number of nitrogens with one attached hydrogen (secondary N) is 2. The number of pyridine rings is 1. The summed E-state index contributed by atoms with van der Waals surface area (Å²) < 4.78 is 4.83. The molecule has 278 valence electrons. The van der Waals surface area contributed by atoms with Crippen molar-refractivity contribution >= 4 is 17.9 Å². The third-order valence-corrected chi connectivity index (χ3v) is 10.6. The fraction of sp³-hybridized carbons (Fsp3) is 0.381. The molecule has 11 nitrogen and oxygen atoms in total. The normalized spacial score (nSPS) is 21.7. The van der Waals surface area contributed by atoms with Crippen LogP contribution >= 0.6 is 0 Å². The molecule has 3 amide bonds. The maximum Gasteiger partial charge on any atom is 0.407 e. The Hall–Kier alpha value is -5.10. The molecule has 1 aliphatic carbocycles. The number of hydrogen-bond donors (Lipinski definition) is 4. The van der Waals surface area contributed by atoms with Crippen molar-refractivity contribution in [2.75, 3.05) is 20.2 Å². The summed E-state index contributed by atoms with van der Waals surface area (Å²) in [4.78, 5) is 47.0. The van der Waals surface area contributed by atoms with Crippen LogP contribution in [0.25, 0.3) is 11.1 Å². The Bertz CT molecular complexity index is 1880. The molecular formula is C42H49N5O6. The maximum absolute atomic E-state index is 14.8. The predicted octanol–water partition coefficient (Wildman–Crippen LogP) is 4.83. The summed E-state index contributed by atoms with van der Waals surface area (Å²) in [5, 5.41) is 27.6. The maximum atomic E-state index is 14.8. The second-order valence-electron chi connectivity index (χ2n) is 15.2. The van der Waals surface area contributed by atoms with Crippen LogP contribution in [0.1, 0.15) is 55.5 Å². The number of rotatable bonds is 12. The number of carbonyl (C=O) groups is 3. The Labute approximate surface area is 311 Å². The van der Waals surface area contributed by atoms with Crippen molar-refractivity contribution in [3.63, 3.8) is 0 Å². The number of benzene rings is 3. The van der Waals surface area contributed by atoms with Gasteiger partial charge in [-0.1, -0.05) is 106 Å². The van der Waals surface area contributed by atoms with Crippen molar-refractivity contribution < 1.29 is 29.3 Å². The van der Waals surface area contributed by atoms with Crippen LogP contribution in [0.4, 0.5) is 4.79 Å². The zero-order valence-corrected chi connectivity index (χ0v) is 30.7. The van der Waals surface area contributed by atoms with Gasteiger partial charge in [0.1, 0.15) is 6.04 Å². The van der Waals surface area contributed by atoms with E-state index in [-0.39, 0.29) is 38.4 Å². The van der Waals surface area contributed by atoms with Crippen LogP contribution in [0.5, 0.6) is 0 Å². The van der Waals surface area contributed by atoms with Gasteiger partial charge >= 0.3 is 6.09 Å². The van der Waals surface area contributed by atoms with Crippen molar-refractivity contribution in [3.05, 3.63) is 126 Å². The molecule has 53 heavy (non-hydrogen) atoms. The number of hydrogen-bond acceptors (Lipinski definition) is 8. The first-order valence-electron chi connectivity index (χ1n) is 18.1. The molecular weight excluding hydrogens is 670 g/mol. The fourth-order valence-corrected chi connectivity index (χ4v) is 7.69. The smallest absolute Gasteiger partial charge is 0.407 e. The summed E-state index contributed by atoms with van der Waals surface area (Å²) in [7, 11) is 1.25. The van der Waals surface area contributed by atoms with E-state index in [0.717, 1.165) is 33.4 Å². The summed E-state index contributed by atoms with van der Waals surface area (Å²) in [5.74, 6) is -0.681. The monoisotopic (exact) mass is 719 g/mol. The van der Waals surface area contributed by atoms with E-state index < -0.39 is 47.1 Å². The number of aromatic nitrogens is 1. The Balaban J connectivity index is 1.31.